The first-order valence-electron chi connectivity index (χ1n) is 12.1. The molecule has 1 atom stereocenters. The molecule has 6 nitrogen and oxygen atoms in total. The molecule has 2 rings (SSSR count). The minimum Gasteiger partial charge on any atom is -0.351 e. The second-order valence-electron chi connectivity index (χ2n) is 9.51. The lowest BCUT2D eigenvalue weighted by Gasteiger charge is -2.23. The molecule has 0 spiro atoms. The number of nitrogens with one attached hydrogen (secondary N) is 1. The van der Waals surface area contributed by atoms with E-state index < -0.39 is 5.92 Å². The zero-order valence-electron chi connectivity index (χ0n) is 19.9. The van der Waals surface area contributed by atoms with Crippen LogP contribution >= 0.6 is 0 Å². The number of tetrazole rings is 1. The average Bonchev–Trinajstić information content (AvgIpc) is 3.17. The first-order valence-corrected chi connectivity index (χ1v) is 12.1. The molecule has 1 amide bonds. The standard InChI is InChI=1S/C25H41N5O/c1-5-6-7-8-9-10-11-12-13-17-20-30-28-23(27-29-30)22(21-18-15-14-16-19-21)24(31)26-25(2,3)4/h14-16,18-19,22H,5-13,17,20H2,1-4H3,(H,26,31)/t22-/m1/s1. The fourth-order valence-electron chi connectivity index (χ4n) is 3.71. The molecule has 6 heteroatoms. The van der Waals surface area contributed by atoms with E-state index in [9.17, 15) is 4.79 Å². The predicted molar refractivity (Wildman–Crippen MR) is 126 cm³/mol. The molecule has 1 N–H and O–H groups in total. The number of amides is 1. The Morgan fingerprint density at radius 2 is 1.52 bits per heavy atom. The topological polar surface area (TPSA) is 72.7 Å². The Bertz CT molecular complexity index is 751. The van der Waals surface area contributed by atoms with Crippen molar-refractivity contribution >= 4 is 5.91 Å². The Morgan fingerprint density at radius 1 is 0.935 bits per heavy atom. The minimum absolute atomic E-state index is 0.0998. The molecule has 1 aromatic carbocycles. The van der Waals surface area contributed by atoms with E-state index in [0.29, 0.717) is 5.82 Å². The van der Waals surface area contributed by atoms with Gasteiger partial charge >= 0.3 is 0 Å². The Morgan fingerprint density at radius 3 is 2.10 bits per heavy atom. The molecule has 31 heavy (non-hydrogen) atoms. The average molecular weight is 428 g/mol. The van der Waals surface area contributed by atoms with Gasteiger partial charge < -0.3 is 5.32 Å². The Balaban J connectivity index is 1.83. The molecular formula is C25H41N5O. The van der Waals surface area contributed by atoms with Crippen molar-refractivity contribution in [3.05, 3.63) is 41.7 Å². The third-order valence-electron chi connectivity index (χ3n) is 5.33. The molecule has 1 heterocycles. The van der Waals surface area contributed by atoms with Gasteiger partial charge in [0, 0.05) is 5.54 Å². The van der Waals surface area contributed by atoms with Gasteiger partial charge in [-0.25, -0.2) is 0 Å². The number of aryl methyl sites for hydroxylation is 1. The molecule has 0 bridgehead atoms. The first-order chi connectivity index (χ1) is 14.9. The molecule has 0 aliphatic rings. The zero-order valence-corrected chi connectivity index (χ0v) is 19.9. The lowest BCUT2D eigenvalue weighted by atomic mass is 9.96. The SMILES string of the molecule is CCCCCCCCCCCCn1nnc([C@H](C(=O)NC(C)(C)C)c2ccccc2)n1. The largest absolute Gasteiger partial charge is 0.351 e. The van der Waals surface area contributed by atoms with Crippen molar-refractivity contribution in [3.63, 3.8) is 0 Å². The number of nitrogens with zero attached hydrogens (tertiary/aromatic N) is 4. The number of carbonyl (C=O) groups is 1. The van der Waals surface area contributed by atoms with E-state index in [-0.39, 0.29) is 11.4 Å². The van der Waals surface area contributed by atoms with Crippen molar-refractivity contribution in [1.29, 1.82) is 0 Å². The fraction of sp³-hybridized carbons (Fsp3) is 0.680. The summed E-state index contributed by atoms with van der Waals surface area (Å²) in [6.45, 7) is 8.93. The highest BCUT2D eigenvalue weighted by Crippen LogP contribution is 2.22. The third-order valence-corrected chi connectivity index (χ3v) is 5.33. The lowest BCUT2D eigenvalue weighted by molar-refractivity contribution is -0.123. The van der Waals surface area contributed by atoms with Gasteiger partial charge in [0.1, 0.15) is 5.92 Å². The van der Waals surface area contributed by atoms with E-state index in [2.05, 4.69) is 27.7 Å². The van der Waals surface area contributed by atoms with Crippen molar-refractivity contribution in [1.82, 2.24) is 25.5 Å². The monoisotopic (exact) mass is 427 g/mol. The lowest BCUT2D eigenvalue weighted by Crippen LogP contribution is -2.43. The number of benzene rings is 1. The molecule has 0 radical (unpaired) electrons. The maximum atomic E-state index is 13.0. The molecular weight excluding hydrogens is 386 g/mol. The summed E-state index contributed by atoms with van der Waals surface area (Å²) in [4.78, 5) is 14.6. The van der Waals surface area contributed by atoms with Crippen LogP contribution in [0.3, 0.4) is 0 Å². The van der Waals surface area contributed by atoms with Crippen LogP contribution in [0.5, 0.6) is 0 Å². The van der Waals surface area contributed by atoms with Gasteiger partial charge in [-0.3, -0.25) is 4.79 Å². The molecule has 1 aromatic heterocycles. The van der Waals surface area contributed by atoms with Crippen molar-refractivity contribution < 1.29 is 4.79 Å². The van der Waals surface area contributed by atoms with Gasteiger partial charge in [-0.05, 0) is 38.0 Å². The summed E-state index contributed by atoms with van der Waals surface area (Å²) in [5.74, 6) is -0.195. The van der Waals surface area contributed by atoms with Crippen molar-refractivity contribution in [2.45, 2.75) is 110 Å². The van der Waals surface area contributed by atoms with Crippen LogP contribution in [0.1, 0.15) is 109 Å². The summed E-state index contributed by atoms with van der Waals surface area (Å²) in [6.07, 6.45) is 12.9. The third kappa shape index (κ3) is 9.62. The number of hydrogen-bond acceptors (Lipinski definition) is 4. The molecule has 0 aliphatic heterocycles. The van der Waals surface area contributed by atoms with Crippen LogP contribution in [0.2, 0.25) is 0 Å². The summed E-state index contributed by atoms with van der Waals surface area (Å²) < 4.78 is 0. The van der Waals surface area contributed by atoms with Crippen LogP contribution in [0.15, 0.2) is 30.3 Å². The highest BCUT2D eigenvalue weighted by atomic mass is 16.2. The number of unbranched alkanes of at least 4 members (excludes halogenated alkanes) is 9. The second kappa shape index (κ2) is 13.2. The predicted octanol–water partition coefficient (Wildman–Crippen LogP) is 5.64. The van der Waals surface area contributed by atoms with Crippen LogP contribution < -0.4 is 5.32 Å². The van der Waals surface area contributed by atoms with Gasteiger partial charge in [-0.1, -0.05) is 95.0 Å². The maximum absolute atomic E-state index is 13.0. The van der Waals surface area contributed by atoms with E-state index in [4.69, 9.17) is 0 Å². The van der Waals surface area contributed by atoms with Gasteiger partial charge in [-0.15, -0.1) is 10.2 Å². The van der Waals surface area contributed by atoms with Gasteiger partial charge in [-0.2, -0.15) is 4.80 Å². The molecule has 172 valence electrons. The van der Waals surface area contributed by atoms with E-state index in [1.54, 1.807) is 4.80 Å². The zero-order chi connectivity index (χ0) is 22.5. The molecule has 0 aliphatic carbocycles. The Kier molecular flexibility index (Phi) is 10.7. The summed E-state index contributed by atoms with van der Waals surface area (Å²) in [5, 5.41) is 16.0. The van der Waals surface area contributed by atoms with Crippen LogP contribution in [-0.4, -0.2) is 31.7 Å². The van der Waals surface area contributed by atoms with Crippen LogP contribution in [0.25, 0.3) is 0 Å². The van der Waals surface area contributed by atoms with E-state index in [0.717, 1.165) is 18.5 Å². The number of carbonyl (C=O) groups excluding carboxylic acids is 1. The Hall–Kier alpha value is -2.24. The summed E-state index contributed by atoms with van der Waals surface area (Å²) in [6, 6.07) is 9.69. The van der Waals surface area contributed by atoms with Crippen molar-refractivity contribution in [2.24, 2.45) is 0 Å². The second-order valence-corrected chi connectivity index (χ2v) is 9.51. The molecule has 0 fully saturated rings. The fourth-order valence-corrected chi connectivity index (χ4v) is 3.71. The van der Waals surface area contributed by atoms with Crippen LogP contribution in [0, 0.1) is 0 Å². The quantitative estimate of drug-likeness (QED) is 0.396. The van der Waals surface area contributed by atoms with E-state index >= 15 is 0 Å². The molecule has 0 saturated carbocycles. The minimum atomic E-state index is -0.554. The van der Waals surface area contributed by atoms with Gasteiger partial charge in [0.25, 0.3) is 0 Å². The summed E-state index contributed by atoms with van der Waals surface area (Å²) in [7, 11) is 0. The Labute approximate surface area is 188 Å². The van der Waals surface area contributed by atoms with Crippen molar-refractivity contribution in [2.75, 3.05) is 0 Å². The molecule has 0 saturated heterocycles. The highest BCUT2D eigenvalue weighted by Gasteiger charge is 2.29. The van der Waals surface area contributed by atoms with E-state index in [1.807, 2.05) is 51.1 Å². The van der Waals surface area contributed by atoms with Crippen LogP contribution in [0.4, 0.5) is 0 Å². The van der Waals surface area contributed by atoms with Crippen molar-refractivity contribution in [3.8, 4) is 0 Å². The molecule has 2 aromatic rings. The first kappa shape index (κ1) is 25.0. The van der Waals surface area contributed by atoms with Gasteiger partial charge in [0.05, 0.1) is 6.54 Å². The number of rotatable bonds is 14. The van der Waals surface area contributed by atoms with Gasteiger partial charge in [0.15, 0.2) is 5.82 Å². The number of hydrogen-bond donors (Lipinski definition) is 1. The number of aromatic nitrogens is 4. The smallest absolute Gasteiger partial charge is 0.235 e. The van der Waals surface area contributed by atoms with Gasteiger partial charge in [0.2, 0.25) is 5.91 Å². The molecule has 0 unspecified atom stereocenters. The van der Waals surface area contributed by atoms with E-state index in [1.165, 1.54) is 57.8 Å². The summed E-state index contributed by atoms with van der Waals surface area (Å²) in [5.41, 5.74) is 0.554. The highest BCUT2D eigenvalue weighted by molar-refractivity contribution is 5.86. The van der Waals surface area contributed by atoms with Crippen LogP contribution in [-0.2, 0) is 11.3 Å². The summed E-state index contributed by atoms with van der Waals surface area (Å²) >= 11 is 0. The maximum Gasteiger partial charge on any atom is 0.235 e. The normalized spacial score (nSPS) is 12.6.